The molecule has 2 heteroatoms. The summed E-state index contributed by atoms with van der Waals surface area (Å²) in [5.74, 6) is 0.382. The van der Waals surface area contributed by atoms with Crippen LogP contribution in [0, 0.1) is 5.41 Å². The van der Waals surface area contributed by atoms with E-state index in [0.717, 1.165) is 43.2 Å². The van der Waals surface area contributed by atoms with E-state index >= 15 is 0 Å². The molecule has 2 rings (SSSR count). The molecule has 0 amide bonds. The third-order valence-corrected chi connectivity index (χ3v) is 5.48. The molecule has 0 aromatic heterocycles. The van der Waals surface area contributed by atoms with E-state index in [0.29, 0.717) is 5.56 Å². The SMILES string of the molecule is C=C(C)C1(C)CCC(C)=CC1c1c(O)cc(CCCC)cc1O.CC. The Morgan fingerprint density at radius 3 is 2.28 bits per heavy atom. The Labute approximate surface area is 154 Å². The van der Waals surface area contributed by atoms with Crippen LogP contribution >= 0.6 is 0 Å². The molecule has 1 aliphatic rings. The molecule has 2 unspecified atom stereocenters. The lowest BCUT2D eigenvalue weighted by Gasteiger charge is -2.41. The summed E-state index contributed by atoms with van der Waals surface area (Å²) in [5.41, 5.74) is 3.91. The van der Waals surface area contributed by atoms with E-state index in [4.69, 9.17) is 0 Å². The van der Waals surface area contributed by atoms with Gasteiger partial charge in [-0.2, -0.15) is 0 Å². The first kappa shape index (κ1) is 21.3. The van der Waals surface area contributed by atoms with Gasteiger partial charge in [-0.05, 0) is 62.6 Å². The van der Waals surface area contributed by atoms with Crippen molar-refractivity contribution in [1.29, 1.82) is 0 Å². The van der Waals surface area contributed by atoms with Crippen molar-refractivity contribution in [2.75, 3.05) is 0 Å². The van der Waals surface area contributed by atoms with Gasteiger partial charge in [-0.1, -0.05) is 57.9 Å². The van der Waals surface area contributed by atoms with Gasteiger partial charge in [0.15, 0.2) is 0 Å². The maximum Gasteiger partial charge on any atom is 0.123 e. The lowest BCUT2D eigenvalue weighted by Crippen LogP contribution is -2.29. The Balaban J connectivity index is 0.00000151. The average molecular weight is 345 g/mol. The summed E-state index contributed by atoms with van der Waals surface area (Å²) < 4.78 is 0. The molecule has 0 fully saturated rings. The number of phenols is 2. The van der Waals surface area contributed by atoms with Crippen LogP contribution in [-0.4, -0.2) is 10.2 Å². The molecule has 0 spiro atoms. The van der Waals surface area contributed by atoms with Crippen LogP contribution < -0.4 is 0 Å². The van der Waals surface area contributed by atoms with Gasteiger partial charge in [0.05, 0.1) is 0 Å². The fourth-order valence-electron chi connectivity index (χ4n) is 3.57. The molecule has 2 nitrogen and oxygen atoms in total. The zero-order valence-electron chi connectivity index (χ0n) is 16.9. The number of unbranched alkanes of at least 4 members (excludes halogenated alkanes) is 1. The first-order valence-electron chi connectivity index (χ1n) is 9.67. The molecular weight excluding hydrogens is 308 g/mol. The molecule has 0 bridgehead atoms. The Kier molecular flexibility index (Phi) is 7.79. The van der Waals surface area contributed by atoms with Crippen LogP contribution in [-0.2, 0) is 6.42 Å². The minimum absolute atomic E-state index is 0.0334. The number of phenolic OH excluding ortho intramolecular Hbond substituents is 2. The zero-order chi connectivity index (χ0) is 19.2. The molecule has 140 valence electrons. The van der Waals surface area contributed by atoms with Gasteiger partial charge in [-0.25, -0.2) is 0 Å². The van der Waals surface area contributed by atoms with Crippen LogP contribution in [0.1, 0.15) is 84.3 Å². The number of hydrogen-bond donors (Lipinski definition) is 2. The number of rotatable bonds is 5. The van der Waals surface area contributed by atoms with Gasteiger partial charge in [0.2, 0.25) is 0 Å². The lowest BCUT2D eigenvalue weighted by molar-refractivity contribution is 0.296. The Morgan fingerprint density at radius 2 is 1.80 bits per heavy atom. The highest BCUT2D eigenvalue weighted by Crippen LogP contribution is 2.53. The van der Waals surface area contributed by atoms with Gasteiger partial charge in [-0.15, -0.1) is 0 Å². The lowest BCUT2D eigenvalue weighted by atomic mass is 9.63. The van der Waals surface area contributed by atoms with Crippen molar-refractivity contribution in [3.05, 3.63) is 47.1 Å². The zero-order valence-corrected chi connectivity index (χ0v) is 16.9. The summed E-state index contributed by atoms with van der Waals surface area (Å²) >= 11 is 0. The number of aromatic hydroxyl groups is 2. The fourth-order valence-corrected chi connectivity index (χ4v) is 3.57. The molecule has 1 aromatic carbocycles. The highest BCUT2D eigenvalue weighted by atomic mass is 16.3. The summed E-state index contributed by atoms with van der Waals surface area (Å²) in [6.45, 7) is 16.7. The van der Waals surface area contributed by atoms with Crippen molar-refractivity contribution < 1.29 is 10.2 Å². The standard InChI is InChI=1S/C21H30O2.C2H6/c1-6-7-8-16-12-18(22)20(19(23)13-16)17-11-15(4)9-10-21(17,5)14(2)3;1-2/h11-13,17,22-23H,2,6-10H2,1,3-5H3;1-2H3. The van der Waals surface area contributed by atoms with Crippen LogP contribution in [0.4, 0.5) is 0 Å². The third kappa shape index (κ3) is 4.68. The molecule has 0 heterocycles. The minimum atomic E-state index is -0.139. The van der Waals surface area contributed by atoms with Gasteiger partial charge >= 0.3 is 0 Å². The summed E-state index contributed by atoms with van der Waals surface area (Å²) in [4.78, 5) is 0. The smallest absolute Gasteiger partial charge is 0.123 e. The maximum absolute atomic E-state index is 10.6. The number of benzene rings is 1. The van der Waals surface area contributed by atoms with E-state index in [2.05, 4.69) is 33.4 Å². The number of aryl methyl sites for hydroxylation is 1. The van der Waals surface area contributed by atoms with Crippen LogP contribution in [0.5, 0.6) is 11.5 Å². The molecule has 0 saturated carbocycles. The van der Waals surface area contributed by atoms with Crippen molar-refractivity contribution in [3.63, 3.8) is 0 Å². The van der Waals surface area contributed by atoms with Gasteiger partial charge in [0.25, 0.3) is 0 Å². The van der Waals surface area contributed by atoms with Crippen LogP contribution in [0.15, 0.2) is 35.9 Å². The third-order valence-electron chi connectivity index (χ3n) is 5.48. The second-order valence-corrected chi connectivity index (χ2v) is 7.34. The molecular formula is C23H36O2. The van der Waals surface area contributed by atoms with E-state index in [-0.39, 0.29) is 22.8 Å². The van der Waals surface area contributed by atoms with Crippen molar-refractivity contribution in [2.45, 2.75) is 79.6 Å². The molecule has 0 aliphatic heterocycles. The van der Waals surface area contributed by atoms with Gasteiger partial charge in [0.1, 0.15) is 11.5 Å². The minimum Gasteiger partial charge on any atom is -0.507 e. The van der Waals surface area contributed by atoms with E-state index in [9.17, 15) is 10.2 Å². The van der Waals surface area contributed by atoms with E-state index in [1.165, 1.54) is 5.57 Å². The van der Waals surface area contributed by atoms with Crippen LogP contribution in [0.3, 0.4) is 0 Å². The van der Waals surface area contributed by atoms with Gasteiger partial charge in [-0.3, -0.25) is 0 Å². The molecule has 0 radical (unpaired) electrons. The van der Waals surface area contributed by atoms with E-state index in [1.54, 1.807) is 0 Å². The fraction of sp³-hybridized carbons (Fsp3) is 0.565. The Morgan fingerprint density at radius 1 is 1.24 bits per heavy atom. The topological polar surface area (TPSA) is 40.5 Å². The molecule has 0 saturated heterocycles. The molecule has 2 atom stereocenters. The van der Waals surface area contributed by atoms with Crippen molar-refractivity contribution in [3.8, 4) is 11.5 Å². The normalized spacial score (nSPS) is 22.6. The highest BCUT2D eigenvalue weighted by molar-refractivity contribution is 5.52. The second-order valence-electron chi connectivity index (χ2n) is 7.34. The maximum atomic E-state index is 10.6. The Hall–Kier alpha value is -1.70. The average Bonchev–Trinajstić information content (AvgIpc) is 2.57. The highest BCUT2D eigenvalue weighted by Gasteiger charge is 2.39. The van der Waals surface area contributed by atoms with Crippen molar-refractivity contribution in [1.82, 2.24) is 0 Å². The Bertz CT molecular complexity index is 604. The summed E-state index contributed by atoms with van der Waals surface area (Å²) in [5, 5.41) is 21.2. The van der Waals surface area contributed by atoms with Crippen LogP contribution in [0.25, 0.3) is 0 Å². The van der Waals surface area contributed by atoms with Crippen molar-refractivity contribution in [2.24, 2.45) is 5.41 Å². The first-order valence-corrected chi connectivity index (χ1v) is 9.67. The molecule has 1 aliphatic carbocycles. The van der Waals surface area contributed by atoms with Crippen molar-refractivity contribution >= 4 is 0 Å². The predicted molar refractivity (Wildman–Crippen MR) is 108 cm³/mol. The summed E-state index contributed by atoms with van der Waals surface area (Å²) in [6.07, 6.45) is 7.27. The first-order chi connectivity index (χ1) is 11.8. The van der Waals surface area contributed by atoms with Crippen LogP contribution in [0.2, 0.25) is 0 Å². The predicted octanol–water partition coefficient (Wildman–Crippen LogP) is 6.87. The number of allylic oxidation sites excluding steroid dienone is 3. The molecule has 2 N–H and O–H groups in total. The van der Waals surface area contributed by atoms with Gasteiger partial charge in [0, 0.05) is 11.5 Å². The summed E-state index contributed by atoms with van der Waals surface area (Å²) in [7, 11) is 0. The molecule has 1 aromatic rings. The van der Waals surface area contributed by atoms with Gasteiger partial charge < -0.3 is 10.2 Å². The second kappa shape index (κ2) is 9.12. The molecule has 25 heavy (non-hydrogen) atoms. The van der Waals surface area contributed by atoms with E-state index in [1.807, 2.05) is 32.9 Å². The number of hydrogen-bond acceptors (Lipinski definition) is 2. The largest absolute Gasteiger partial charge is 0.507 e. The monoisotopic (exact) mass is 344 g/mol. The summed E-state index contributed by atoms with van der Waals surface area (Å²) in [6, 6.07) is 3.64. The quantitative estimate of drug-likeness (QED) is 0.572. The van der Waals surface area contributed by atoms with E-state index < -0.39 is 0 Å².